The Bertz CT molecular complexity index is 941. The standard InChI is InChI=1S/C19H23N5OS/c1-12(2)23-14(4)10-16(15(23)5)18(25)11-26-19-20-21-22-24(19)17-9-7-6-8-13(17)3/h6-10,12H,11H2,1-5H3. The van der Waals surface area contributed by atoms with Crippen molar-refractivity contribution in [3.63, 3.8) is 0 Å². The Morgan fingerprint density at radius 1 is 1.19 bits per heavy atom. The van der Waals surface area contributed by atoms with E-state index in [1.165, 1.54) is 11.8 Å². The molecule has 7 heteroatoms. The highest BCUT2D eigenvalue weighted by Crippen LogP contribution is 2.24. The first-order valence-electron chi connectivity index (χ1n) is 8.59. The van der Waals surface area contributed by atoms with Crippen molar-refractivity contribution in [2.45, 2.75) is 45.8 Å². The summed E-state index contributed by atoms with van der Waals surface area (Å²) in [6, 6.07) is 10.2. The Morgan fingerprint density at radius 3 is 2.58 bits per heavy atom. The van der Waals surface area contributed by atoms with Crippen LogP contribution in [0.1, 0.15) is 47.2 Å². The van der Waals surface area contributed by atoms with E-state index in [-0.39, 0.29) is 5.78 Å². The van der Waals surface area contributed by atoms with Crippen LogP contribution in [0.2, 0.25) is 0 Å². The zero-order chi connectivity index (χ0) is 18.8. The van der Waals surface area contributed by atoms with Crippen LogP contribution < -0.4 is 0 Å². The summed E-state index contributed by atoms with van der Waals surface area (Å²) in [7, 11) is 0. The quantitative estimate of drug-likeness (QED) is 0.486. The maximum atomic E-state index is 12.8. The molecule has 6 nitrogen and oxygen atoms in total. The molecule has 3 aromatic rings. The van der Waals surface area contributed by atoms with E-state index in [0.717, 1.165) is 28.2 Å². The molecular weight excluding hydrogens is 346 g/mol. The lowest BCUT2D eigenvalue weighted by Gasteiger charge is -2.13. The van der Waals surface area contributed by atoms with Crippen LogP contribution in [0.4, 0.5) is 0 Å². The summed E-state index contributed by atoms with van der Waals surface area (Å²) < 4.78 is 3.87. The Morgan fingerprint density at radius 2 is 1.92 bits per heavy atom. The molecule has 0 aliphatic rings. The summed E-state index contributed by atoms with van der Waals surface area (Å²) in [6.45, 7) is 10.3. The van der Waals surface area contributed by atoms with Crippen molar-refractivity contribution in [1.82, 2.24) is 24.8 Å². The van der Waals surface area contributed by atoms with Crippen LogP contribution in [-0.4, -0.2) is 36.3 Å². The first kappa shape index (κ1) is 18.4. The smallest absolute Gasteiger partial charge is 0.214 e. The fraction of sp³-hybridized carbons (Fsp3) is 0.368. The van der Waals surface area contributed by atoms with Crippen LogP contribution in [0.5, 0.6) is 0 Å². The minimum atomic E-state index is 0.0920. The minimum Gasteiger partial charge on any atom is -0.346 e. The lowest BCUT2D eigenvalue weighted by molar-refractivity contribution is 0.102. The SMILES string of the molecule is Cc1ccccc1-n1nnnc1SCC(=O)c1cc(C)n(C(C)C)c1C. The highest BCUT2D eigenvalue weighted by atomic mass is 32.2. The number of tetrazole rings is 1. The van der Waals surface area contributed by atoms with Crippen LogP contribution in [0, 0.1) is 20.8 Å². The van der Waals surface area contributed by atoms with Gasteiger partial charge in [-0.25, -0.2) is 0 Å². The van der Waals surface area contributed by atoms with Gasteiger partial charge in [0.25, 0.3) is 0 Å². The Labute approximate surface area is 157 Å². The Hall–Kier alpha value is -2.41. The monoisotopic (exact) mass is 369 g/mol. The molecule has 3 rings (SSSR count). The van der Waals surface area contributed by atoms with E-state index in [0.29, 0.717) is 17.0 Å². The molecule has 26 heavy (non-hydrogen) atoms. The van der Waals surface area contributed by atoms with E-state index in [4.69, 9.17) is 0 Å². The van der Waals surface area contributed by atoms with E-state index in [2.05, 4.69) is 33.9 Å². The van der Waals surface area contributed by atoms with Gasteiger partial charge in [-0.2, -0.15) is 4.68 Å². The number of para-hydroxylation sites is 1. The Balaban J connectivity index is 1.79. The van der Waals surface area contributed by atoms with Gasteiger partial charge in [-0.3, -0.25) is 4.79 Å². The van der Waals surface area contributed by atoms with Crippen LogP contribution in [0.15, 0.2) is 35.5 Å². The summed E-state index contributed by atoms with van der Waals surface area (Å²) >= 11 is 1.36. The van der Waals surface area contributed by atoms with Gasteiger partial charge in [-0.15, -0.1) is 5.10 Å². The molecule has 136 valence electrons. The van der Waals surface area contributed by atoms with Gasteiger partial charge in [0.05, 0.1) is 11.4 Å². The van der Waals surface area contributed by atoms with Crippen LogP contribution >= 0.6 is 11.8 Å². The molecule has 0 saturated carbocycles. The first-order chi connectivity index (χ1) is 12.4. The predicted molar refractivity (Wildman–Crippen MR) is 103 cm³/mol. The number of hydrogen-bond donors (Lipinski definition) is 0. The van der Waals surface area contributed by atoms with Gasteiger partial charge in [0.1, 0.15) is 0 Å². The molecule has 0 saturated heterocycles. The first-order valence-corrected chi connectivity index (χ1v) is 9.57. The maximum Gasteiger partial charge on any atom is 0.214 e. The molecule has 0 unspecified atom stereocenters. The van der Waals surface area contributed by atoms with Gasteiger partial charge in [0, 0.05) is 23.0 Å². The second-order valence-electron chi connectivity index (χ2n) is 6.62. The van der Waals surface area contributed by atoms with Crippen molar-refractivity contribution >= 4 is 17.5 Å². The van der Waals surface area contributed by atoms with E-state index >= 15 is 0 Å². The summed E-state index contributed by atoms with van der Waals surface area (Å²) in [6.07, 6.45) is 0. The molecule has 0 radical (unpaired) electrons. The number of Topliss-reactive ketones (excluding diaryl/α,β-unsaturated/α-hetero) is 1. The maximum absolute atomic E-state index is 12.8. The molecular formula is C19H23N5OS. The number of aromatic nitrogens is 5. The number of aryl methyl sites for hydroxylation is 2. The fourth-order valence-corrected chi connectivity index (χ4v) is 4.05. The van der Waals surface area contributed by atoms with Crippen molar-refractivity contribution < 1.29 is 4.79 Å². The minimum absolute atomic E-state index is 0.0920. The Kier molecular flexibility index (Phi) is 5.27. The van der Waals surface area contributed by atoms with Gasteiger partial charge in [0.2, 0.25) is 5.16 Å². The number of nitrogens with zero attached hydrogens (tertiary/aromatic N) is 5. The zero-order valence-electron chi connectivity index (χ0n) is 15.7. The summed E-state index contributed by atoms with van der Waals surface area (Å²) in [5, 5.41) is 12.5. The molecule has 0 amide bonds. The van der Waals surface area contributed by atoms with Crippen molar-refractivity contribution in [3.8, 4) is 5.69 Å². The number of thioether (sulfide) groups is 1. The summed E-state index contributed by atoms with van der Waals surface area (Å²) in [5.74, 6) is 0.392. The summed E-state index contributed by atoms with van der Waals surface area (Å²) in [4.78, 5) is 12.8. The number of rotatable bonds is 6. The van der Waals surface area contributed by atoms with Crippen LogP contribution in [0.3, 0.4) is 0 Å². The zero-order valence-corrected chi connectivity index (χ0v) is 16.5. The van der Waals surface area contributed by atoms with Crippen molar-refractivity contribution in [2.24, 2.45) is 0 Å². The van der Waals surface area contributed by atoms with E-state index < -0.39 is 0 Å². The van der Waals surface area contributed by atoms with Crippen LogP contribution in [0.25, 0.3) is 5.69 Å². The van der Waals surface area contributed by atoms with Crippen molar-refractivity contribution in [3.05, 3.63) is 52.8 Å². The van der Waals surface area contributed by atoms with Gasteiger partial charge in [0.15, 0.2) is 5.78 Å². The molecule has 2 aromatic heterocycles. The normalized spacial score (nSPS) is 11.3. The second-order valence-corrected chi connectivity index (χ2v) is 7.56. The molecule has 0 aliphatic heterocycles. The predicted octanol–water partition coefficient (Wildman–Crippen LogP) is 3.94. The molecule has 0 bridgehead atoms. The van der Waals surface area contributed by atoms with Gasteiger partial charge in [-0.05, 0) is 62.7 Å². The number of ketones is 1. The molecule has 0 N–H and O–H groups in total. The van der Waals surface area contributed by atoms with Gasteiger partial charge < -0.3 is 4.57 Å². The average Bonchev–Trinajstić information content (AvgIpc) is 3.17. The molecule has 1 aromatic carbocycles. The third-order valence-electron chi connectivity index (χ3n) is 4.42. The number of benzene rings is 1. The van der Waals surface area contributed by atoms with Gasteiger partial charge in [-0.1, -0.05) is 30.0 Å². The third-order valence-corrected chi connectivity index (χ3v) is 5.34. The number of carbonyl (C=O) groups excluding carboxylic acids is 1. The second kappa shape index (κ2) is 7.45. The van der Waals surface area contributed by atoms with E-state index in [1.54, 1.807) is 4.68 Å². The third kappa shape index (κ3) is 3.44. The van der Waals surface area contributed by atoms with E-state index in [9.17, 15) is 4.79 Å². The average molecular weight is 369 g/mol. The number of carbonyl (C=O) groups is 1. The lowest BCUT2D eigenvalue weighted by atomic mass is 10.2. The summed E-state index contributed by atoms with van der Waals surface area (Å²) in [5.41, 5.74) is 4.90. The highest BCUT2D eigenvalue weighted by Gasteiger charge is 2.19. The molecule has 2 heterocycles. The largest absolute Gasteiger partial charge is 0.346 e. The molecule has 0 aliphatic carbocycles. The fourth-order valence-electron chi connectivity index (χ4n) is 3.28. The molecule has 0 fully saturated rings. The van der Waals surface area contributed by atoms with Crippen LogP contribution in [-0.2, 0) is 0 Å². The molecule has 0 spiro atoms. The highest BCUT2D eigenvalue weighted by molar-refractivity contribution is 7.99. The lowest BCUT2D eigenvalue weighted by Crippen LogP contribution is -2.09. The number of hydrogen-bond acceptors (Lipinski definition) is 5. The molecule has 0 atom stereocenters. The van der Waals surface area contributed by atoms with Crippen molar-refractivity contribution in [2.75, 3.05) is 5.75 Å². The van der Waals surface area contributed by atoms with Gasteiger partial charge >= 0.3 is 0 Å². The topological polar surface area (TPSA) is 65.6 Å². The van der Waals surface area contributed by atoms with E-state index in [1.807, 2.05) is 51.1 Å². The van der Waals surface area contributed by atoms with Crippen molar-refractivity contribution in [1.29, 1.82) is 0 Å².